The summed E-state index contributed by atoms with van der Waals surface area (Å²) in [6.45, 7) is 6.38. The Kier molecular flexibility index (Phi) is 50.9. The van der Waals surface area contributed by atoms with Gasteiger partial charge in [0.05, 0.1) is 0 Å². The van der Waals surface area contributed by atoms with Gasteiger partial charge < -0.3 is 14.2 Å². The third-order valence-electron chi connectivity index (χ3n) is 11.3. The van der Waals surface area contributed by atoms with Crippen LogP contribution in [0, 0.1) is 0 Å². The van der Waals surface area contributed by atoms with E-state index in [9.17, 15) is 14.4 Å². The van der Waals surface area contributed by atoms with Gasteiger partial charge >= 0.3 is 17.9 Å². The molecular weight excluding hydrogens is 817 g/mol. The van der Waals surface area contributed by atoms with Crippen LogP contribution in [0.15, 0.2) is 97.2 Å². The summed E-state index contributed by atoms with van der Waals surface area (Å²) in [5, 5.41) is 0. The van der Waals surface area contributed by atoms with E-state index < -0.39 is 6.10 Å². The summed E-state index contributed by atoms with van der Waals surface area (Å²) in [6.07, 6.45) is 71.0. The minimum Gasteiger partial charge on any atom is -0.462 e. The predicted molar refractivity (Wildman–Crippen MR) is 284 cm³/mol. The fourth-order valence-corrected chi connectivity index (χ4v) is 7.31. The first kappa shape index (κ1) is 62.3. The van der Waals surface area contributed by atoms with E-state index in [1.165, 1.54) is 83.5 Å². The zero-order valence-electron chi connectivity index (χ0n) is 42.9. The SMILES string of the molecule is CC/C=C\C/C=C\C/C=C\C/C=C\C/C=C\CCCCCC(=O)OCC(COC(=O)CCCCCCCCCCCCCC)OC(=O)CCCCCCCCC/C=C\C/C=C\C/C=C\CC. The number of carbonyl (C=O) groups is 3. The van der Waals surface area contributed by atoms with Crippen molar-refractivity contribution in [3.8, 4) is 0 Å². The number of hydrogen-bond acceptors (Lipinski definition) is 6. The predicted octanol–water partition coefficient (Wildman–Crippen LogP) is 18.1. The molecule has 0 saturated carbocycles. The molecule has 0 aliphatic heterocycles. The van der Waals surface area contributed by atoms with E-state index in [2.05, 4.69) is 118 Å². The Hall–Kier alpha value is -3.67. The molecule has 0 amide bonds. The lowest BCUT2D eigenvalue weighted by Crippen LogP contribution is -2.30. The second-order valence-electron chi connectivity index (χ2n) is 17.7. The molecule has 0 aromatic heterocycles. The molecule has 376 valence electrons. The van der Waals surface area contributed by atoms with Crippen LogP contribution in [-0.2, 0) is 28.6 Å². The number of hydrogen-bond donors (Lipinski definition) is 0. The van der Waals surface area contributed by atoms with Gasteiger partial charge in [0.15, 0.2) is 6.10 Å². The first-order chi connectivity index (χ1) is 32.5. The van der Waals surface area contributed by atoms with Crippen LogP contribution < -0.4 is 0 Å². The summed E-state index contributed by atoms with van der Waals surface area (Å²) in [7, 11) is 0. The van der Waals surface area contributed by atoms with Crippen LogP contribution in [0.25, 0.3) is 0 Å². The fraction of sp³-hybridized carbons (Fsp3) is 0.683. The number of rotatable bonds is 48. The number of ether oxygens (including phenoxy) is 3. The van der Waals surface area contributed by atoms with Crippen LogP contribution in [0.4, 0.5) is 0 Å². The Labute approximate surface area is 407 Å². The number of allylic oxidation sites excluding steroid dienone is 16. The Morgan fingerprint density at radius 1 is 0.318 bits per heavy atom. The first-order valence-electron chi connectivity index (χ1n) is 27.2. The van der Waals surface area contributed by atoms with E-state index in [1.807, 2.05) is 0 Å². The molecule has 0 aromatic carbocycles. The normalized spacial score (nSPS) is 12.8. The van der Waals surface area contributed by atoms with Gasteiger partial charge in [-0.15, -0.1) is 0 Å². The highest BCUT2D eigenvalue weighted by Crippen LogP contribution is 2.15. The summed E-state index contributed by atoms with van der Waals surface area (Å²) >= 11 is 0. The molecule has 0 saturated heterocycles. The van der Waals surface area contributed by atoms with Gasteiger partial charge in [-0.3, -0.25) is 14.4 Å². The lowest BCUT2D eigenvalue weighted by atomic mass is 10.0. The van der Waals surface area contributed by atoms with E-state index >= 15 is 0 Å². The summed E-state index contributed by atoms with van der Waals surface area (Å²) in [4.78, 5) is 38.1. The van der Waals surface area contributed by atoms with Crippen molar-refractivity contribution >= 4 is 17.9 Å². The molecule has 0 spiro atoms. The molecular formula is C60H100O6. The highest BCUT2D eigenvalue weighted by Gasteiger charge is 2.19. The average Bonchev–Trinajstić information content (AvgIpc) is 3.31. The molecule has 1 unspecified atom stereocenters. The van der Waals surface area contributed by atoms with Crippen LogP contribution in [0.3, 0.4) is 0 Å². The highest BCUT2D eigenvalue weighted by molar-refractivity contribution is 5.71. The van der Waals surface area contributed by atoms with Crippen LogP contribution in [-0.4, -0.2) is 37.2 Å². The van der Waals surface area contributed by atoms with Gasteiger partial charge in [0.25, 0.3) is 0 Å². The molecule has 0 heterocycles. The van der Waals surface area contributed by atoms with Crippen LogP contribution >= 0.6 is 0 Å². The lowest BCUT2D eigenvalue weighted by molar-refractivity contribution is -0.167. The molecule has 0 radical (unpaired) electrons. The Morgan fingerprint density at radius 2 is 0.591 bits per heavy atom. The lowest BCUT2D eigenvalue weighted by Gasteiger charge is -2.18. The van der Waals surface area contributed by atoms with Crippen molar-refractivity contribution < 1.29 is 28.6 Å². The number of esters is 3. The molecule has 66 heavy (non-hydrogen) atoms. The third kappa shape index (κ3) is 51.3. The van der Waals surface area contributed by atoms with E-state index in [1.54, 1.807) is 0 Å². The summed E-state index contributed by atoms with van der Waals surface area (Å²) in [5.41, 5.74) is 0. The Bertz CT molecular complexity index is 1330. The minimum atomic E-state index is -0.796. The van der Waals surface area contributed by atoms with Gasteiger partial charge in [-0.05, 0) is 96.3 Å². The Morgan fingerprint density at radius 3 is 0.939 bits per heavy atom. The summed E-state index contributed by atoms with van der Waals surface area (Å²) in [5.74, 6) is -0.934. The summed E-state index contributed by atoms with van der Waals surface area (Å²) < 4.78 is 16.8. The van der Waals surface area contributed by atoms with Crippen molar-refractivity contribution in [2.75, 3.05) is 13.2 Å². The maximum atomic E-state index is 12.8. The van der Waals surface area contributed by atoms with Gasteiger partial charge in [0.1, 0.15) is 13.2 Å². The quantitative estimate of drug-likeness (QED) is 0.0262. The zero-order chi connectivity index (χ0) is 47.9. The van der Waals surface area contributed by atoms with E-state index in [-0.39, 0.29) is 31.1 Å². The largest absolute Gasteiger partial charge is 0.462 e. The molecule has 0 aliphatic rings. The number of carbonyl (C=O) groups excluding carboxylic acids is 3. The fourth-order valence-electron chi connectivity index (χ4n) is 7.31. The van der Waals surface area contributed by atoms with Crippen molar-refractivity contribution in [3.63, 3.8) is 0 Å². The monoisotopic (exact) mass is 917 g/mol. The molecule has 6 nitrogen and oxygen atoms in total. The van der Waals surface area contributed by atoms with Gasteiger partial charge in [-0.1, -0.05) is 227 Å². The van der Waals surface area contributed by atoms with E-state index in [4.69, 9.17) is 14.2 Å². The topological polar surface area (TPSA) is 78.9 Å². The van der Waals surface area contributed by atoms with Crippen molar-refractivity contribution in [2.45, 2.75) is 252 Å². The molecule has 0 N–H and O–H groups in total. The standard InChI is InChI=1S/C60H100O6/c1-4-7-10-13-16-19-22-25-27-29-30-32-33-35-38-41-44-47-50-53-59(62)65-56-57(55-64-58(61)52-49-46-43-40-37-24-21-18-15-12-9-6-3)66-60(63)54-51-48-45-42-39-36-34-31-28-26-23-20-17-14-11-8-5-2/h7-8,10-11,16-17,19-20,25-28,30,32,35,38,57H,4-6,9,12-15,18,21-24,29,31,33-34,36-37,39-56H2,1-3H3/b10-7-,11-8-,19-16-,20-17-,27-25-,28-26-,32-30-,38-35-. The highest BCUT2D eigenvalue weighted by atomic mass is 16.6. The minimum absolute atomic E-state index is 0.0914. The van der Waals surface area contributed by atoms with Gasteiger partial charge in [-0.2, -0.15) is 0 Å². The van der Waals surface area contributed by atoms with Crippen molar-refractivity contribution in [3.05, 3.63) is 97.2 Å². The molecule has 0 bridgehead atoms. The third-order valence-corrected chi connectivity index (χ3v) is 11.3. The molecule has 6 heteroatoms. The zero-order valence-corrected chi connectivity index (χ0v) is 42.9. The van der Waals surface area contributed by atoms with Crippen molar-refractivity contribution in [1.29, 1.82) is 0 Å². The molecule has 1 atom stereocenters. The average molecular weight is 917 g/mol. The van der Waals surface area contributed by atoms with E-state index in [0.717, 1.165) is 122 Å². The van der Waals surface area contributed by atoms with Crippen LogP contribution in [0.1, 0.15) is 245 Å². The van der Waals surface area contributed by atoms with Crippen LogP contribution in [0.5, 0.6) is 0 Å². The molecule has 0 aliphatic carbocycles. The van der Waals surface area contributed by atoms with Gasteiger partial charge in [-0.25, -0.2) is 0 Å². The molecule has 0 fully saturated rings. The van der Waals surface area contributed by atoms with Crippen molar-refractivity contribution in [1.82, 2.24) is 0 Å². The van der Waals surface area contributed by atoms with Crippen LogP contribution in [0.2, 0.25) is 0 Å². The van der Waals surface area contributed by atoms with Crippen molar-refractivity contribution in [2.24, 2.45) is 0 Å². The summed E-state index contributed by atoms with van der Waals surface area (Å²) in [6, 6.07) is 0. The first-order valence-corrected chi connectivity index (χ1v) is 27.2. The smallest absolute Gasteiger partial charge is 0.306 e. The second kappa shape index (κ2) is 53.9. The Balaban J connectivity index is 4.45. The van der Waals surface area contributed by atoms with Gasteiger partial charge in [0.2, 0.25) is 0 Å². The number of unbranched alkanes of at least 4 members (excludes halogenated alkanes) is 21. The van der Waals surface area contributed by atoms with Gasteiger partial charge in [0, 0.05) is 19.3 Å². The van der Waals surface area contributed by atoms with E-state index in [0.29, 0.717) is 19.3 Å². The maximum absolute atomic E-state index is 12.8. The molecule has 0 rings (SSSR count). The maximum Gasteiger partial charge on any atom is 0.306 e. The second-order valence-corrected chi connectivity index (χ2v) is 17.7. The molecule has 0 aromatic rings.